The summed E-state index contributed by atoms with van der Waals surface area (Å²) in [7, 11) is -3.67. The van der Waals surface area contributed by atoms with Crippen molar-refractivity contribution in [1.82, 2.24) is 15.8 Å². The molecule has 0 fully saturated rings. The van der Waals surface area contributed by atoms with Gasteiger partial charge in [-0.1, -0.05) is 24.8 Å². The van der Waals surface area contributed by atoms with Gasteiger partial charge in [0.1, 0.15) is 0 Å². The molecule has 3 N–H and O–H groups in total. The summed E-state index contributed by atoms with van der Waals surface area (Å²) in [6.07, 6.45) is 1.00. The van der Waals surface area contributed by atoms with Crippen LogP contribution in [0.2, 0.25) is 0 Å². The number of carbonyl (C=O) groups is 1. The first-order chi connectivity index (χ1) is 7.56. The Balaban J connectivity index is 2.60. The number of rotatable bonds is 5. The van der Waals surface area contributed by atoms with Crippen molar-refractivity contribution in [2.45, 2.75) is 4.90 Å². The smallest absolute Gasteiger partial charge is 0.258 e. The third-order valence-electron chi connectivity index (χ3n) is 1.61. The van der Waals surface area contributed by atoms with Crippen LogP contribution in [-0.2, 0) is 14.8 Å². The van der Waals surface area contributed by atoms with Gasteiger partial charge >= 0.3 is 0 Å². The quantitative estimate of drug-likeness (QED) is 0.487. The lowest BCUT2D eigenvalue weighted by Crippen LogP contribution is -2.48. The number of amides is 1. The molecule has 1 rings (SSSR count). The molecule has 0 heterocycles. The molecule has 7 heteroatoms. The summed E-state index contributed by atoms with van der Waals surface area (Å²) in [5.41, 5.74) is 4.13. The van der Waals surface area contributed by atoms with Crippen LogP contribution in [0.4, 0.5) is 0 Å². The normalized spacial score (nSPS) is 10.8. The Morgan fingerprint density at radius 1 is 1.25 bits per heavy atom. The highest BCUT2D eigenvalue weighted by molar-refractivity contribution is 7.89. The van der Waals surface area contributed by atoms with Gasteiger partial charge in [-0.2, -0.15) is 5.53 Å². The second-order valence-electron chi connectivity index (χ2n) is 2.74. The Bertz CT molecular complexity index is 470. The molecule has 1 aromatic rings. The minimum Gasteiger partial charge on any atom is -0.273 e. The molecule has 1 amide bonds. The lowest BCUT2D eigenvalue weighted by Gasteiger charge is -2.07. The maximum atomic E-state index is 11.6. The molecule has 0 atom stereocenters. The van der Waals surface area contributed by atoms with Crippen molar-refractivity contribution < 1.29 is 13.2 Å². The molecule has 0 aliphatic rings. The maximum Gasteiger partial charge on any atom is 0.258 e. The van der Waals surface area contributed by atoms with Crippen LogP contribution in [-0.4, -0.2) is 14.3 Å². The molecule has 0 aliphatic carbocycles. The van der Waals surface area contributed by atoms with Crippen LogP contribution in [0.3, 0.4) is 0 Å². The van der Waals surface area contributed by atoms with Gasteiger partial charge in [-0.25, -0.2) is 8.42 Å². The van der Waals surface area contributed by atoms with Crippen molar-refractivity contribution in [3.63, 3.8) is 0 Å². The van der Waals surface area contributed by atoms with E-state index < -0.39 is 15.9 Å². The predicted octanol–water partition coefficient (Wildman–Crippen LogP) is -0.313. The van der Waals surface area contributed by atoms with Gasteiger partial charge in [-0.15, -0.1) is 4.83 Å². The van der Waals surface area contributed by atoms with Crippen LogP contribution in [0, 0.1) is 0 Å². The number of hydrogen-bond acceptors (Lipinski definition) is 4. The molecule has 86 valence electrons. The Labute approximate surface area is 93.3 Å². The van der Waals surface area contributed by atoms with Gasteiger partial charge in [0, 0.05) is 0 Å². The highest BCUT2D eigenvalue weighted by atomic mass is 32.2. The molecule has 1 aromatic carbocycles. The third-order valence-corrected chi connectivity index (χ3v) is 2.87. The number of carbonyl (C=O) groups excluding carboxylic acids is 1. The number of sulfonamides is 1. The maximum absolute atomic E-state index is 11.6. The summed E-state index contributed by atoms with van der Waals surface area (Å²) < 4.78 is 23.1. The second kappa shape index (κ2) is 5.40. The molecule has 0 saturated heterocycles. The molecule has 6 nitrogen and oxygen atoms in total. The highest BCUT2D eigenvalue weighted by Crippen LogP contribution is 2.05. The number of hydrogen-bond donors (Lipinski definition) is 3. The summed E-state index contributed by atoms with van der Waals surface area (Å²) in [5, 5.41) is 0. The topological polar surface area (TPSA) is 87.3 Å². The van der Waals surface area contributed by atoms with E-state index >= 15 is 0 Å². The molecule has 0 unspecified atom stereocenters. The average molecular weight is 241 g/mol. The Morgan fingerprint density at radius 2 is 1.88 bits per heavy atom. The fourth-order valence-corrected chi connectivity index (χ4v) is 1.68. The number of benzene rings is 1. The fraction of sp³-hybridized carbons (Fsp3) is 0. The SMILES string of the molecule is C=CC(=O)NNNS(=O)(=O)c1ccccc1. The average Bonchev–Trinajstić information content (AvgIpc) is 2.30. The predicted molar refractivity (Wildman–Crippen MR) is 58.2 cm³/mol. The third kappa shape index (κ3) is 3.46. The van der Waals surface area contributed by atoms with Crippen LogP contribution < -0.4 is 15.8 Å². The van der Waals surface area contributed by atoms with Crippen molar-refractivity contribution in [2.24, 2.45) is 0 Å². The van der Waals surface area contributed by atoms with Crippen LogP contribution in [0.15, 0.2) is 47.9 Å². The Kier molecular flexibility index (Phi) is 4.18. The van der Waals surface area contributed by atoms with E-state index in [4.69, 9.17) is 0 Å². The molecular weight excluding hydrogens is 230 g/mol. The second-order valence-corrected chi connectivity index (χ2v) is 4.42. The van der Waals surface area contributed by atoms with Crippen LogP contribution in [0.5, 0.6) is 0 Å². The minimum atomic E-state index is -3.67. The summed E-state index contributed by atoms with van der Waals surface area (Å²) >= 11 is 0. The summed E-state index contributed by atoms with van der Waals surface area (Å²) in [4.78, 5) is 12.8. The van der Waals surface area contributed by atoms with Crippen molar-refractivity contribution in [1.29, 1.82) is 0 Å². The van der Waals surface area contributed by atoms with E-state index in [1.54, 1.807) is 18.2 Å². The van der Waals surface area contributed by atoms with E-state index in [0.717, 1.165) is 6.08 Å². The molecule has 16 heavy (non-hydrogen) atoms. The van der Waals surface area contributed by atoms with Gasteiger partial charge in [0.2, 0.25) is 0 Å². The van der Waals surface area contributed by atoms with Crippen LogP contribution in [0.1, 0.15) is 0 Å². The van der Waals surface area contributed by atoms with Crippen LogP contribution in [0.25, 0.3) is 0 Å². The molecule has 0 aliphatic heterocycles. The molecule has 0 aromatic heterocycles. The van der Waals surface area contributed by atoms with E-state index in [0.29, 0.717) is 0 Å². The van der Waals surface area contributed by atoms with Gasteiger partial charge in [0.05, 0.1) is 4.90 Å². The molecule has 0 bridgehead atoms. The first kappa shape index (κ1) is 12.4. The van der Waals surface area contributed by atoms with Crippen molar-refractivity contribution in [3.05, 3.63) is 43.0 Å². The van der Waals surface area contributed by atoms with Gasteiger partial charge in [0.15, 0.2) is 0 Å². The van der Waals surface area contributed by atoms with E-state index in [9.17, 15) is 13.2 Å². The van der Waals surface area contributed by atoms with Crippen molar-refractivity contribution in [2.75, 3.05) is 0 Å². The number of nitrogens with one attached hydrogen (secondary N) is 3. The monoisotopic (exact) mass is 241 g/mol. The largest absolute Gasteiger partial charge is 0.273 e. The van der Waals surface area contributed by atoms with E-state index in [1.807, 2.05) is 4.83 Å². The van der Waals surface area contributed by atoms with E-state index in [2.05, 4.69) is 17.5 Å². The van der Waals surface area contributed by atoms with Crippen molar-refractivity contribution >= 4 is 15.9 Å². The van der Waals surface area contributed by atoms with Gasteiger partial charge < -0.3 is 0 Å². The van der Waals surface area contributed by atoms with Gasteiger partial charge in [-0.05, 0) is 18.2 Å². The van der Waals surface area contributed by atoms with E-state index in [-0.39, 0.29) is 4.90 Å². The zero-order chi connectivity index (χ0) is 12.0. The van der Waals surface area contributed by atoms with E-state index in [1.165, 1.54) is 12.1 Å². The summed E-state index contributed by atoms with van der Waals surface area (Å²) in [6.45, 7) is 3.20. The zero-order valence-electron chi connectivity index (χ0n) is 8.30. The zero-order valence-corrected chi connectivity index (χ0v) is 9.12. The highest BCUT2D eigenvalue weighted by Gasteiger charge is 2.12. The summed E-state index contributed by atoms with van der Waals surface area (Å²) in [5.74, 6) is -0.546. The molecular formula is C9H11N3O3S. The van der Waals surface area contributed by atoms with Gasteiger partial charge in [0.25, 0.3) is 15.9 Å². The first-order valence-corrected chi connectivity index (χ1v) is 5.79. The summed E-state index contributed by atoms with van der Waals surface area (Å²) in [6, 6.07) is 7.75. The standard InChI is InChI=1S/C9H11N3O3S/c1-2-9(13)10-11-12-16(14,15)8-6-4-3-5-7-8/h2-7,11-12H,1H2,(H,10,13). The Morgan fingerprint density at radius 3 is 2.44 bits per heavy atom. The molecule has 0 radical (unpaired) electrons. The lowest BCUT2D eigenvalue weighted by molar-refractivity contribution is -0.117. The lowest BCUT2D eigenvalue weighted by atomic mass is 10.4. The minimum absolute atomic E-state index is 0.0929. The molecule has 0 saturated carbocycles. The first-order valence-electron chi connectivity index (χ1n) is 4.30. The fourth-order valence-electron chi connectivity index (χ4n) is 0.864. The number of hydrazine groups is 2. The van der Waals surface area contributed by atoms with Crippen LogP contribution >= 0.6 is 0 Å². The Hall–Kier alpha value is -1.70. The molecule has 0 spiro atoms. The van der Waals surface area contributed by atoms with Gasteiger partial charge in [-0.3, -0.25) is 10.2 Å². The van der Waals surface area contributed by atoms with Crippen molar-refractivity contribution in [3.8, 4) is 0 Å².